The van der Waals surface area contributed by atoms with Crippen LogP contribution >= 0.6 is 31.9 Å². The molecular formula is C18H20Br2O. The van der Waals surface area contributed by atoms with Gasteiger partial charge in [-0.2, -0.15) is 0 Å². The molecule has 0 spiro atoms. The summed E-state index contributed by atoms with van der Waals surface area (Å²) in [5, 5.41) is 0. The van der Waals surface area contributed by atoms with E-state index in [1.807, 2.05) is 19.1 Å². The maximum absolute atomic E-state index is 5.79. The lowest BCUT2D eigenvalue weighted by atomic mass is 9.89. The normalized spacial score (nSPS) is 13.7. The van der Waals surface area contributed by atoms with Gasteiger partial charge >= 0.3 is 0 Å². The van der Waals surface area contributed by atoms with Crippen molar-refractivity contribution in [3.8, 4) is 5.75 Å². The molecule has 2 atom stereocenters. The Morgan fingerprint density at radius 1 is 1.05 bits per heavy atom. The van der Waals surface area contributed by atoms with Crippen molar-refractivity contribution in [2.45, 2.75) is 31.0 Å². The summed E-state index contributed by atoms with van der Waals surface area (Å²) in [6.45, 7) is 4.92. The summed E-state index contributed by atoms with van der Waals surface area (Å²) >= 11 is 7.47. The fraction of sp³-hybridized carbons (Fsp3) is 0.333. The second-order valence-electron chi connectivity index (χ2n) is 4.94. The Morgan fingerprint density at radius 2 is 1.76 bits per heavy atom. The number of alkyl halides is 1. The highest BCUT2D eigenvalue weighted by Gasteiger charge is 2.24. The first-order valence-electron chi connectivity index (χ1n) is 7.28. The van der Waals surface area contributed by atoms with Crippen molar-refractivity contribution in [3.05, 3.63) is 64.1 Å². The molecule has 0 fully saturated rings. The Kier molecular flexibility index (Phi) is 6.31. The summed E-state index contributed by atoms with van der Waals surface area (Å²) in [6, 6.07) is 16.9. The SMILES string of the molecule is CCOc1ccc(Br)cc1C(Br)C(CC)c1ccccc1. The van der Waals surface area contributed by atoms with Gasteiger partial charge in [0.2, 0.25) is 0 Å². The molecule has 0 aliphatic carbocycles. The van der Waals surface area contributed by atoms with Crippen LogP contribution in [-0.4, -0.2) is 6.61 Å². The molecule has 0 radical (unpaired) electrons. The molecule has 2 rings (SSSR count). The number of rotatable bonds is 6. The molecule has 0 saturated carbocycles. The molecule has 21 heavy (non-hydrogen) atoms. The fourth-order valence-corrected chi connectivity index (χ4v) is 3.97. The third-order valence-corrected chi connectivity index (χ3v) is 5.21. The molecule has 0 bridgehead atoms. The Labute approximate surface area is 144 Å². The molecule has 2 aromatic carbocycles. The van der Waals surface area contributed by atoms with Crippen molar-refractivity contribution < 1.29 is 4.74 Å². The number of hydrogen-bond acceptors (Lipinski definition) is 1. The molecule has 2 aromatic rings. The largest absolute Gasteiger partial charge is 0.494 e. The first-order chi connectivity index (χ1) is 10.2. The average Bonchev–Trinajstić information content (AvgIpc) is 2.51. The van der Waals surface area contributed by atoms with E-state index in [1.54, 1.807) is 0 Å². The van der Waals surface area contributed by atoms with Crippen molar-refractivity contribution in [1.29, 1.82) is 0 Å². The number of halogens is 2. The maximum Gasteiger partial charge on any atom is 0.123 e. The summed E-state index contributed by atoms with van der Waals surface area (Å²) < 4.78 is 6.87. The van der Waals surface area contributed by atoms with E-state index in [9.17, 15) is 0 Å². The average molecular weight is 412 g/mol. The van der Waals surface area contributed by atoms with Crippen molar-refractivity contribution >= 4 is 31.9 Å². The van der Waals surface area contributed by atoms with E-state index in [-0.39, 0.29) is 4.83 Å². The van der Waals surface area contributed by atoms with Gasteiger partial charge in [0.1, 0.15) is 5.75 Å². The molecule has 0 saturated heterocycles. The minimum atomic E-state index is 0.226. The zero-order valence-corrected chi connectivity index (χ0v) is 15.5. The third-order valence-electron chi connectivity index (χ3n) is 3.59. The van der Waals surface area contributed by atoms with Crippen LogP contribution in [0.2, 0.25) is 0 Å². The molecule has 2 unspecified atom stereocenters. The molecule has 0 amide bonds. The molecule has 1 nitrogen and oxygen atoms in total. The van der Waals surface area contributed by atoms with Gasteiger partial charge in [0.25, 0.3) is 0 Å². The number of benzene rings is 2. The lowest BCUT2D eigenvalue weighted by molar-refractivity contribution is 0.335. The second kappa shape index (κ2) is 8.00. The fourth-order valence-electron chi connectivity index (χ4n) is 2.55. The Hall–Kier alpha value is -0.800. The van der Waals surface area contributed by atoms with Gasteiger partial charge in [0.15, 0.2) is 0 Å². The van der Waals surface area contributed by atoms with Gasteiger partial charge in [-0.05, 0) is 37.1 Å². The Balaban J connectivity index is 2.37. The highest BCUT2D eigenvalue weighted by molar-refractivity contribution is 9.10. The standard InChI is InChI=1S/C18H20Br2O/c1-3-15(13-8-6-5-7-9-13)18(20)16-12-14(19)10-11-17(16)21-4-2/h5-12,15,18H,3-4H2,1-2H3. The molecule has 0 aliphatic rings. The van der Waals surface area contributed by atoms with Crippen LogP contribution in [0.4, 0.5) is 0 Å². The molecular weight excluding hydrogens is 392 g/mol. The van der Waals surface area contributed by atoms with Crippen LogP contribution in [0.3, 0.4) is 0 Å². The molecule has 0 heterocycles. The summed E-state index contributed by atoms with van der Waals surface area (Å²) in [5.41, 5.74) is 2.55. The smallest absolute Gasteiger partial charge is 0.123 e. The van der Waals surface area contributed by atoms with Crippen LogP contribution in [0.5, 0.6) is 5.75 Å². The summed E-state index contributed by atoms with van der Waals surface area (Å²) in [6.07, 6.45) is 1.07. The Morgan fingerprint density at radius 3 is 2.38 bits per heavy atom. The van der Waals surface area contributed by atoms with E-state index >= 15 is 0 Å². The van der Waals surface area contributed by atoms with Crippen molar-refractivity contribution in [1.82, 2.24) is 0 Å². The lowest BCUT2D eigenvalue weighted by Crippen LogP contribution is -2.07. The first-order valence-corrected chi connectivity index (χ1v) is 8.99. The maximum atomic E-state index is 5.79. The summed E-state index contributed by atoms with van der Waals surface area (Å²) in [4.78, 5) is 0.226. The minimum absolute atomic E-state index is 0.226. The van der Waals surface area contributed by atoms with E-state index in [0.717, 1.165) is 16.6 Å². The predicted molar refractivity (Wildman–Crippen MR) is 96.5 cm³/mol. The van der Waals surface area contributed by atoms with Crippen LogP contribution in [0, 0.1) is 0 Å². The highest BCUT2D eigenvalue weighted by Crippen LogP contribution is 2.44. The van der Waals surface area contributed by atoms with E-state index in [0.29, 0.717) is 12.5 Å². The Bertz CT molecular complexity index is 569. The number of hydrogen-bond donors (Lipinski definition) is 0. The lowest BCUT2D eigenvalue weighted by Gasteiger charge is -2.24. The van der Waals surface area contributed by atoms with Crippen LogP contribution in [0.25, 0.3) is 0 Å². The van der Waals surface area contributed by atoms with E-state index in [2.05, 4.69) is 75.2 Å². The van der Waals surface area contributed by atoms with E-state index < -0.39 is 0 Å². The zero-order valence-electron chi connectivity index (χ0n) is 12.4. The van der Waals surface area contributed by atoms with Gasteiger partial charge in [-0.15, -0.1) is 0 Å². The monoisotopic (exact) mass is 410 g/mol. The van der Waals surface area contributed by atoms with E-state index in [1.165, 1.54) is 11.1 Å². The topological polar surface area (TPSA) is 9.23 Å². The van der Waals surface area contributed by atoms with Gasteiger partial charge in [0.05, 0.1) is 11.4 Å². The molecule has 0 aliphatic heterocycles. The van der Waals surface area contributed by atoms with Crippen molar-refractivity contribution in [2.24, 2.45) is 0 Å². The van der Waals surface area contributed by atoms with Gasteiger partial charge in [-0.1, -0.05) is 69.1 Å². The summed E-state index contributed by atoms with van der Waals surface area (Å²) in [5.74, 6) is 1.37. The first kappa shape index (κ1) is 16.6. The van der Waals surface area contributed by atoms with Crippen LogP contribution in [-0.2, 0) is 0 Å². The molecule has 112 valence electrons. The zero-order chi connectivity index (χ0) is 15.2. The van der Waals surface area contributed by atoms with Crippen LogP contribution < -0.4 is 4.74 Å². The molecule has 0 aromatic heterocycles. The minimum Gasteiger partial charge on any atom is -0.494 e. The highest BCUT2D eigenvalue weighted by atomic mass is 79.9. The summed E-state index contributed by atoms with van der Waals surface area (Å²) in [7, 11) is 0. The van der Waals surface area contributed by atoms with Crippen molar-refractivity contribution in [2.75, 3.05) is 6.61 Å². The molecule has 3 heteroatoms. The van der Waals surface area contributed by atoms with Gasteiger partial charge in [0, 0.05) is 16.0 Å². The molecule has 0 N–H and O–H groups in total. The van der Waals surface area contributed by atoms with Gasteiger partial charge < -0.3 is 4.74 Å². The third kappa shape index (κ3) is 4.10. The number of ether oxygens (including phenoxy) is 1. The van der Waals surface area contributed by atoms with E-state index in [4.69, 9.17) is 4.74 Å². The van der Waals surface area contributed by atoms with Gasteiger partial charge in [-0.3, -0.25) is 0 Å². The van der Waals surface area contributed by atoms with Crippen LogP contribution in [0.1, 0.15) is 42.1 Å². The van der Waals surface area contributed by atoms with Gasteiger partial charge in [-0.25, -0.2) is 0 Å². The second-order valence-corrected chi connectivity index (χ2v) is 6.84. The van der Waals surface area contributed by atoms with Crippen LogP contribution in [0.15, 0.2) is 53.0 Å². The quantitative estimate of drug-likeness (QED) is 0.494. The predicted octanol–water partition coefficient (Wildman–Crippen LogP) is 6.48. The van der Waals surface area contributed by atoms with Crippen molar-refractivity contribution in [3.63, 3.8) is 0 Å².